The Morgan fingerprint density at radius 3 is 2.76 bits per heavy atom. The summed E-state index contributed by atoms with van der Waals surface area (Å²) in [6, 6.07) is 4.23. The minimum absolute atomic E-state index is 0.0581. The Balaban J connectivity index is 2.25. The van der Waals surface area contributed by atoms with Crippen molar-refractivity contribution in [1.29, 1.82) is 0 Å². The molecule has 0 amide bonds. The molecule has 5 nitrogen and oxygen atoms in total. The summed E-state index contributed by atoms with van der Waals surface area (Å²) in [6.45, 7) is -0.0581. The summed E-state index contributed by atoms with van der Waals surface area (Å²) < 4.78 is 27.3. The third-order valence-corrected chi connectivity index (χ3v) is 2.15. The maximum atomic E-state index is 13.3. The maximum Gasteiger partial charge on any atom is 0.389 e. The molecule has 17 heavy (non-hydrogen) atoms. The van der Waals surface area contributed by atoms with Gasteiger partial charge in [0.25, 0.3) is 0 Å². The minimum Gasteiger partial charge on any atom is -0.358 e. The van der Waals surface area contributed by atoms with E-state index in [4.69, 9.17) is 0 Å². The van der Waals surface area contributed by atoms with E-state index < -0.39 is 16.6 Å². The number of hydrogen-bond acceptors (Lipinski definition) is 3. The molecule has 88 valence electrons. The Hall–Kier alpha value is -2.31. The van der Waals surface area contributed by atoms with Crippen LogP contribution < -0.4 is 0 Å². The molecule has 0 aliphatic rings. The largest absolute Gasteiger partial charge is 0.389 e. The van der Waals surface area contributed by atoms with Crippen molar-refractivity contribution in [3.05, 3.63) is 57.8 Å². The number of hydrogen-bond donors (Lipinski definition) is 0. The van der Waals surface area contributed by atoms with Gasteiger partial charge in [-0.1, -0.05) is 0 Å². The quantitative estimate of drug-likeness (QED) is 0.608. The molecule has 1 heterocycles. The van der Waals surface area contributed by atoms with Gasteiger partial charge in [-0.15, -0.1) is 0 Å². The van der Waals surface area contributed by atoms with Crippen molar-refractivity contribution in [1.82, 2.24) is 9.78 Å². The van der Waals surface area contributed by atoms with Crippen LogP contribution in [-0.4, -0.2) is 14.7 Å². The van der Waals surface area contributed by atoms with Crippen LogP contribution in [0.4, 0.5) is 14.6 Å². The lowest BCUT2D eigenvalue weighted by Crippen LogP contribution is -2.03. The van der Waals surface area contributed by atoms with Gasteiger partial charge in [0.15, 0.2) is 0 Å². The summed E-state index contributed by atoms with van der Waals surface area (Å²) in [4.78, 5) is 9.73. The zero-order valence-electron chi connectivity index (χ0n) is 8.51. The third-order valence-electron chi connectivity index (χ3n) is 2.15. The normalized spacial score (nSPS) is 10.5. The molecular formula is C10H7F2N3O2. The topological polar surface area (TPSA) is 61.0 Å². The smallest absolute Gasteiger partial charge is 0.358 e. The molecule has 0 atom stereocenters. The predicted molar refractivity (Wildman–Crippen MR) is 54.3 cm³/mol. The van der Waals surface area contributed by atoms with Gasteiger partial charge in [-0.25, -0.2) is 8.78 Å². The molecule has 2 aromatic rings. The molecule has 0 saturated carbocycles. The molecule has 0 fully saturated rings. The summed E-state index contributed by atoms with van der Waals surface area (Å²) in [5, 5.41) is 14.0. The van der Waals surface area contributed by atoms with Crippen molar-refractivity contribution in [2.45, 2.75) is 6.54 Å². The first-order valence-corrected chi connectivity index (χ1v) is 4.68. The van der Waals surface area contributed by atoms with Crippen LogP contribution in [-0.2, 0) is 6.54 Å². The molecule has 0 N–H and O–H groups in total. The summed E-state index contributed by atoms with van der Waals surface area (Å²) >= 11 is 0. The fourth-order valence-electron chi connectivity index (χ4n) is 1.38. The van der Waals surface area contributed by atoms with Crippen LogP contribution in [0.5, 0.6) is 0 Å². The van der Waals surface area contributed by atoms with E-state index >= 15 is 0 Å². The monoisotopic (exact) mass is 239 g/mol. The van der Waals surface area contributed by atoms with Gasteiger partial charge in [-0.3, -0.25) is 0 Å². The second-order valence-electron chi connectivity index (χ2n) is 3.36. The van der Waals surface area contributed by atoms with Crippen molar-refractivity contribution in [2.75, 3.05) is 0 Å². The molecule has 0 unspecified atom stereocenters. The van der Waals surface area contributed by atoms with Gasteiger partial charge in [0.1, 0.15) is 11.6 Å². The molecule has 0 saturated heterocycles. The van der Waals surface area contributed by atoms with Crippen molar-refractivity contribution in [2.24, 2.45) is 0 Å². The minimum atomic E-state index is -0.654. The fraction of sp³-hybridized carbons (Fsp3) is 0.100. The lowest BCUT2D eigenvalue weighted by Gasteiger charge is -2.00. The molecule has 0 bridgehead atoms. The van der Waals surface area contributed by atoms with Gasteiger partial charge < -0.3 is 10.1 Å². The standard InChI is InChI=1S/C10H7F2N3O2/c11-8-1-2-9(12)7(5-8)6-14-4-3-10(13-14)15(16)17/h1-5H,6H2. The van der Waals surface area contributed by atoms with E-state index in [1.807, 2.05) is 0 Å². The first kappa shape index (κ1) is 11.2. The van der Waals surface area contributed by atoms with Crippen molar-refractivity contribution in [3.63, 3.8) is 0 Å². The molecular weight excluding hydrogens is 232 g/mol. The summed E-state index contributed by atoms with van der Waals surface area (Å²) in [5.74, 6) is -1.48. The van der Waals surface area contributed by atoms with Gasteiger partial charge >= 0.3 is 5.82 Å². The number of benzene rings is 1. The molecule has 0 spiro atoms. The molecule has 2 rings (SSSR count). The zero-order valence-corrected chi connectivity index (χ0v) is 8.51. The number of rotatable bonds is 3. The van der Waals surface area contributed by atoms with Crippen LogP contribution in [0.25, 0.3) is 0 Å². The highest BCUT2D eigenvalue weighted by Crippen LogP contribution is 2.12. The molecule has 0 aliphatic heterocycles. The van der Waals surface area contributed by atoms with Crippen LogP contribution in [0.1, 0.15) is 5.56 Å². The SMILES string of the molecule is O=[N+]([O-])c1ccn(Cc2cc(F)ccc2F)n1. The molecule has 1 aromatic heterocycles. The van der Waals surface area contributed by atoms with Gasteiger partial charge in [0.2, 0.25) is 0 Å². The Morgan fingerprint density at radius 2 is 2.12 bits per heavy atom. The van der Waals surface area contributed by atoms with Crippen LogP contribution in [0.15, 0.2) is 30.5 Å². The van der Waals surface area contributed by atoms with Crippen LogP contribution >= 0.6 is 0 Å². The van der Waals surface area contributed by atoms with Gasteiger partial charge in [-0.05, 0) is 23.1 Å². The first-order valence-electron chi connectivity index (χ1n) is 4.68. The van der Waals surface area contributed by atoms with Gasteiger partial charge in [0.05, 0.1) is 23.9 Å². The van der Waals surface area contributed by atoms with Crippen LogP contribution in [0, 0.1) is 21.7 Å². The summed E-state index contributed by atoms with van der Waals surface area (Å²) in [5.41, 5.74) is 0.0861. The Labute approximate surface area is 94.4 Å². The van der Waals surface area contributed by atoms with Gasteiger partial charge in [-0.2, -0.15) is 4.68 Å². The van der Waals surface area contributed by atoms with E-state index in [9.17, 15) is 18.9 Å². The van der Waals surface area contributed by atoms with E-state index in [0.29, 0.717) is 0 Å². The Bertz CT molecular complexity index is 568. The first-order chi connectivity index (χ1) is 8.06. The lowest BCUT2D eigenvalue weighted by molar-refractivity contribution is -0.389. The Kier molecular flexibility index (Phi) is 2.82. The highest BCUT2D eigenvalue weighted by molar-refractivity contribution is 5.20. The number of nitro groups is 1. The zero-order chi connectivity index (χ0) is 12.4. The van der Waals surface area contributed by atoms with E-state index in [1.165, 1.54) is 16.9 Å². The molecule has 1 aromatic carbocycles. The highest BCUT2D eigenvalue weighted by atomic mass is 19.1. The van der Waals surface area contributed by atoms with E-state index in [1.54, 1.807) is 0 Å². The summed E-state index contributed by atoms with van der Waals surface area (Å²) in [6.07, 6.45) is 1.34. The average Bonchev–Trinajstić information content (AvgIpc) is 2.72. The van der Waals surface area contributed by atoms with Crippen LogP contribution in [0.3, 0.4) is 0 Å². The predicted octanol–water partition coefficient (Wildman–Crippen LogP) is 2.12. The van der Waals surface area contributed by atoms with E-state index in [2.05, 4.69) is 5.10 Å². The van der Waals surface area contributed by atoms with Crippen molar-refractivity contribution >= 4 is 5.82 Å². The second-order valence-corrected chi connectivity index (χ2v) is 3.36. The van der Waals surface area contributed by atoms with Crippen LogP contribution in [0.2, 0.25) is 0 Å². The fourth-order valence-corrected chi connectivity index (χ4v) is 1.38. The molecule has 0 aliphatic carbocycles. The van der Waals surface area contributed by atoms with Crippen molar-refractivity contribution in [3.8, 4) is 0 Å². The lowest BCUT2D eigenvalue weighted by atomic mass is 10.2. The van der Waals surface area contributed by atoms with Crippen molar-refractivity contribution < 1.29 is 13.7 Å². The molecule has 0 radical (unpaired) electrons. The second kappa shape index (κ2) is 4.28. The third kappa shape index (κ3) is 2.44. The highest BCUT2D eigenvalue weighted by Gasteiger charge is 2.12. The van der Waals surface area contributed by atoms with E-state index in [0.717, 1.165) is 18.2 Å². The average molecular weight is 239 g/mol. The van der Waals surface area contributed by atoms with Gasteiger partial charge in [0, 0.05) is 5.56 Å². The molecule has 7 heteroatoms. The number of aromatic nitrogens is 2. The number of nitrogens with zero attached hydrogens (tertiary/aromatic N) is 3. The summed E-state index contributed by atoms with van der Waals surface area (Å²) in [7, 11) is 0. The Morgan fingerprint density at radius 1 is 1.35 bits per heavy atom. The number of halogens is 2. The van der Waals surface area contributed by atoms with E-state index in [-0.39, 0.29) is 17.9 Å². The maximum absolute atomic E-state index is 13.3.